The van der Waals surface area contributed by atoms with Gasteiger partial charge in [-0.05, 0) is 55.1 Å². The van der Waals surface area contributed by atoms with Crippen molar-refractivity contribution in [3.8, 4) is 11.1 Å². The van der Waals surface area contributed by atoms with E-state index < -0.39 is 0 Å². The maximum Gasteiger partial charge on any atom is 0.253 e. The lowest BCUT2D eigenvalue weighted by Crippen LogP contribution is -2.32. The van der Waals surface area contributed by atoms with E-state index >= 15 is 0 Å². The molecule has 2 aromatic carbocycles. The number of carbonyl (C=O) groups excluding carboxylic acids is 1. The molecular formula is C23H28N2O2. The molecule has 142 valence electrons. The standard InChI is InChI=1S/C23H28N2O2/c26-17-22-16-25(15-21(22)14-24-11-4-5-12-24)23(27)20-10-6-9-19(13-20)18-7-2-1-3-8-18/h1-3,6-10,13,21-22,26H,4-5,11-12,14-17H2/t21-,22-/m0/s1. The third kappa shape index (κ3) is 4.07. The van der Waals surface area contributed by atoms with E-state index in [0.29, 0.717) is 12.5 Å². The van der Waals surface area contributed by atoms with Crippen LogP contribution in [0.4, 0.5) is 0 Å². The summed E-state index contributed by atoms with van der Waals surface area (Å²) in [6, 6.07) is 18.0. The lowest BCUT2D eigenvalue weighted by Gasteiger charge is -2.23. The average Bonchev–Trinajstić information content (AvgIpc) is 3.38. The molecule has 4 rings (SSSR count). The van der Waals surface area contributed by atoms with Crippen molar-refractivity contribution < 1.29 is 9.90 Å². The molecule has 2 fully saturated rings. The first-order chi connectivity index (χ1) is 13.2. The molecule has 27 heavy (non-hydrogen) atoms. The van der Waals surface area contributed by atoms with Gasteiger partial charge in [0.2, 0.25) is 0 Å². The minimum atomic E-state index is 0.0788. The van der Waals surface area contributed by atoms with Crippen LogP contribution in [-0.2, 0) is 0 Å². The van der Waals surface area contributed by atoms with E-state index in [4.69, 9.17) is 0 Å². The third-order valence-electron chi connectivity index (χ3n) is 6.01. The summed E-state index contributed by atoms with van der Waals surface area (Å²) in [7, 11) is 0. The minimum absolute atomic E-state index is 0.0788. The van der Waals surface area contributed by atoms with Gasteiger partial charge in [0.05, 0.1) is 0 Å². The van der Waals surface area contributed by atoms with Gasteiger partial charge in [-0.25, -0.2) is 0 Å². The van der Waals surface area contributed by atoms with Crippen LogP contribution < -0.4 is 0 Å². The summed E-state index contributed by atoms with van der Waals surface area (Å²) in [4.78, 5) is 17.5. The van der Waals surface area contributed by atoms with Crippen LogP contribution in [0.15, 0.2) is 54.6 Å². The lowest BCUT2D eigenvalue weighted by atomic mass is 9.96. The Morgan fingerprint density at radius 2 is 1.63 bits per heavy atom. The second-order valence-electron chi connectivity index (χ2n) is 7.87. The summed E-state index contributed by atoms with van der Waals surface area (Å²) in [6.07, 6.45) is 2.54. The molecule has 1 amide bonds. The van der Waals surface area contributed by atoms with Gasteiger partial charge in [0, 0.05) is 37.7 Å². The molecule has 0 aliphatic carbocycles. The van der Waals surface area contributed by atoms with E-state index in [9.17, 15) is 9.90 Å². The van der Waals surface area contributed by atoms with E-state index in [1.807, 2.05) is 47.4 Å². The number of nitrogens with zero attached hydrogens (tertiary/aromatic N) is 2. The van der Waals surface area contributed by atoms with E-state index in [-0.39, 0.29) is 18.4 Å². The van der Waals surface area contributed by atoms with Crippen molar-refractivity contribution in [1.82, 2.24) is 9.80 Å². The van der Waals surface area contributed by atoms with Crippen molar-refractivity contribution >= 4 is 5.91 Å². The summed E-state index contributed by atoms with van der Waals surface area (Å²) >= 11 is 0. The number of likely N-dealkylation sites (tertiary alicyclic amines) is 2. The molecule has 2 atom stereocenters. The predicted octanol–water partition coefficient (Wildman–Crippen LogP) is 3.13. The number of aliphatic hydroxyl groups excluding tert-OH is 1. The first-order valence-corrected chi connectivity index (χ1v) is 10.0. The fourth-order valence-electron chi connectivity index (χ4n) is 4.46. The number of hydrogen-bond donors (Lipinski definition) is 1. The van der Waals surface area contributed by atoms with Crippen LogP contribution in [0.2, 0.25) is 0 Å². The largest absolute Gasteiger partial charge is 0.396 e. The topological polar surface area (TPSA) is 43.8 Å². The molecule has 0 radical (unpaired) electrons. The van der Waals surface area contributed by atoms with Gasteiger partial charge < -0.3 is 14.9 Å². The maximum absolute atomic E-state index is 13.1. The number of rotatable bonds is 5. The predicted molar refractivity (Wildman–Crippen MR) is 108 cm³/mol. The van der Waals surface area contributed by atoms with Gasteiger partial charge in [0.15, 0.2) is 0 Å². The number of aliphatic hydroxyl groups is 1. The Hall–Kier alpha value is -2.17. The molecule has 2 aliphatic rings. The van der Waals surface area contributed by atoms with Crippen molar-refractivity contribution in [1.29, 1.82) is 0 Å². The Morgan fingerprint density at radius 3 is 2.37 bits per heavy atom. The monoisotopic (exact) mass is 364 g/mol. The summed E-state index contributed by atoms with van der Waals surface area (Å²) < 4.78 is 0. The van der Waals surface area contributed by atoms with Crippen molar-refractivity contribution in [3.05, 3.63) is 60.2 Å². The molecule has 2 aromatic rings. The molecule has 2 saturated heterocycles. The highest BCUT2D eigenvalue weighted by molar-refractivity contribution is 5.95. The van der Waals surface area contributed by atoms with Crippen LogP contribution in [0.1, 0.15) is 23.2 Å². The molecule has 1 N–H and O–H groups in total. The fraction of sp³-hybridized carbons (Fsp3) is 0.435. The van der Waals surface area contributed by atoms with Gasteiger partial charge in [0.25, 0.3) is 5.91 Å². The SMILES string of the molecule is O=C(c1cccc(-c2ccccc2)c1)N1C[C@@H](CO)[C@@H](CN2CCCC2)C1. The van der Waals surface area contributed by atoms with Gasteiger partial charge in [-0.3, -0.25) is 4.79 Å². The molecule has 0 saturated carbocycles. The van der Waals surface area contributed by atoms with Gasteiger partial charge in [-0.1, -0.05) is 42.5 Å². The second-order valence-corrected chi connectivity index (χ2v) is 7.87. The number of hydrogen-bond acceptors (Lipinski definition) is 3. The molecule has 0 unspecified atom stereocenters. The molecule has 0 bridgehead atoms. The summed E-state index contributed by atoms with van der Waals surface area (Å²) in [5, 5.41) is 9.82. The zero-order valence-corrected chi connectivity index (χ0v) is 15.8. The first-order valence-electron chi connectivity index (χ1n) is 10.0. The smallest absolute Gasteiger partial charge is 0.253 e. The summed E-state index contributed by atoms with van der Waals surface area (Å²) in [5.41, 5.74) is 2.91. The molecule has 4 nitrogen and oxygen atoms in total. The maximum atomic E-state index is 13.1. The Kier molecular flexibility index (Phi) is 5.55. The molecule has 0 aromatic heterocycles. The Bertz CT molecular complexity index is 771. The van der Waals surface area contributed by atoms with Crippen molar-refractivity contribution in [3.63, 3.8) is 0 Å². The van der Waals surface area contributed by atoms with Crippen LogP contribution >= 0.6 is 0 Å². The van der Waals surface area contributed by atoms with E-state index in [2.05, 4.69) is 17.0 Å². The van der Waals surface area contributed by atoms with E-state index in [1.54, 1.807) is 0 Å². The van der Waals surface area contributed by atoms with Gasteiger partial charge in [-0.2, -0.15) is 0 Å². The zero-order valence-electron chi connectivity index (χ0n) is 15.8. The minimum Gasteiger partial charge on any atom is -0.396 e. The molecule has 2 aliphatic heterocycles. The fourth-order valence-corrected chi connectivity index (χ4v) is 4.46. The highest BCUT2D eigenvalue weighted by Gasteiger charge is 2.36. The second kappa shape index (κ2) is 8.24. The molecular weight excluding hydrogens is 336 g/mol. The quantitative estimate of drug-likeness (QED) is 0.886. The van der Waals surface area contributed by atoms with E-state index in [0.717, 1.165) is 42.9 Å². The number of benzene rings is 2. The lowest BCUT2D eigenvalue weighted by molar-refractivity contribution is 0.0779. The van der Waals surface area contributed by atoms with E-state index in [1.165, 1.54) is 12.8 Å². The first kappa shape index (κ1) is 18.2. The Labute approximate surface area is 161 Å². The highest BCUT2D eigenvalue weighted by Crippen LogP contribution is 2.28. The third-order valence-corrected chi connectivity index (χ3v) is 6.01. The van der Waals surface area contributed by atoms with Crippen molar-refractivity contribution in [2.45, 2.75) is 12.8 Å². The van der Waals surface area contributed by atoms with Gasteiger partial charge in [0.1, 0.15) is 0 Å². The van der Waals surface area contributed by atoms with Crippen LogP contribution in [0.5, 0.6) is 0 Å². The zero-order chi connectivity index (χ0) is 18.6. The average molecular weight is 364 g/mol. The Morgan fingerprint density at radius 1 is 0.926 bits per heavy atom. The van der Waals surface area contributed by atoms with Crippen LogP contribution in [0.3, 0.4) is 0 Å². The molecule has 0 spiro atoms. The molecule has 4 heteroatoms. The molecule has 2 heterocycles. The van der Waals surface area contributed by atoms with Crippen molar-refractivity contribution in [2.24, 2.45) is 11.8 Å². The van der Waals surface area contributed by atoms with Crippen LogP contribution in [0.25, 0.3) is 11.1 Å². The van der Waals surface area contributed by atoms with Crippen LogP contribution in [-0.4, -0.2) is 60.1 Å². The number of carbonyl (C=O) groups is 1. The van der Waals surface area contributed by atoms with Gasteiger partial charge >= 0.3 is 0 Å². The van der Waals surface area contributed by atoms with Crippen molar-refractivity contribution in [2.75, 3.05) is 39.3 Å². The highest BCUT2D eigenvalue weighted by atomic mass is 16.3. The Balaban J connectivity index is 1.48. The normalized spacial score (nSPS) is 23.1. The number of amides is 1. The van der Waals surface area contributed by atoms with Gasteiger partial charge in [-0.15, -0.1) is 0 Å². The summed E-state index contributed by atoms with van der Waals surface area (Å²) in [5.74, 6) is 0.636. The summed E-state index contributed by atoms with van der Waals surface area (Å²) in [6.45, 7) is 4.87. The van der Waals surface area contributed by atoms with Crippen LogP contribution in [0, 0.1) is 11.8 Å².